The molecule has 2 aliphatic carbocycles. The van der Waals surface area contributed by atoms with Gasteiger partial charge in [0.2, 0.25) is 0 Å². The first kappa shape index (κ1) is 19.2. The summed E-state index contributed by atoms with van der Waals surface area (Å²) in [5.41, 5.74) is 3.85. The van der Waals surface area contributed by atoms with Crippen molar-refractivity contribution in [3.05, 3.63) is 65.5 Å². The van der Waals surface area contributed by atoms with Crippen LogP contribution in [0.25, 0.3) is 0 Å². The highest BCUT2D eigenvalue weighted by molar-refractivity contribution is 5.36. The fourth-order valence-electron chi connectivity index (χ4n) is 6.08. The molecule has 1 spiro atoms. The molecule has 3 aliphatic rings. The number of aromatic nitrogens is 1. The fourth-order valence-corrected chi connectivity index (χ4v) is 6.08. The Morgan fingerprint density at radius 2 is 1.90 bits per heavy atom. The molecule has 0 bridgehead atoms. The van der Waals surface area contributed by atoms with Gasteiger partial charge in [-0.3, -0.25) is 4.98 Å². The largest absolute Gasteiger partial charge is 0.391 e. The van der Waals surface area contributed by atoms with Gasteiger partial charge in [-0.1, -0.05) is 43.2 Å². The first-order valence-electron chi connectivity index (χ1n) is 11.2. The Bertz CT molecular complexity index is 834. The van der Waals surface area contributed by atoms with Crippen LogP contribution >= 0.6 is 0 Å². The molecule has 1 saturated carbocycles. The lowest BCUT2D eigenvalue weighted by atomic mass is 9.68. The molecule has 1 aliphatic heterocycles. The van der Waals surface area contributed by atoms with Crippen LogP contribution in [0.1, 0.15) is 67.8 Å². The lowest BCUT2D eigenvalue weighted by Gasteiger charge is -2.46. The zero-order valence-corrected chi connectivity index (χ0v) is 17.1. The first-order chi connectivity index (χ1) is 14.2. The Kier molecular flexibility index (Phi) is 5.19. The molecule has 0 amide bonds. The van der Waals surface area contributed by atoms with Gasteiger partial charge in [-0.05, 0) is 61.9 Å². The van der Waals surface area contributed by atoms with Crippen LogP contribution in [0.2, 0.25) is 0 Å². The second-order valence-corrected chi connectivity index (χ2v) is 9.31. The number of nitrogens with zero attached hydrogens (tertiary/aromatic N) is 1. The summed E-state index contributed by atoms with van der Waals surface area (Å²) in [6, 6.07) is 14.8. The van der Waals surface area contributed by atoms with Gasteiger partial charge in [-0.15, -0.1) is 0 Å². The zero-order valence-electron chi connectivity index (χ0n) is 17.1. The Morgan fingerprint density at radius 3 is 2.72 bits per heavy atom. The maximum Gasteiger partial charge on any atom is 0.0775 e. The number of aliphatic hydroxyl groups excluding tert-OH is 1. The van der Waals surface area contributed by atoms with Crippen molar-refractivity contribution >= 4 is 0 Å². The van der Waals surface area contributed by atoms with E-state index in [0.29, 0.717) is 0 Å². The van der Waals surface area contributed by atoms with Crippen molar-refractivity contribution < 1.29 is 9.84 Å². The van der Waals surface area contributed by atoms with E-state index in [2.05, 4.69) is 41.7 Å². The predicted octanol–water partition coefficient (Wildman–Crippen LogP) is 4.08. The number of ether oxygens (including phenoxy) is 1. The molecule has 2 N–H and O–H groups in total. The second kappa shape index (κ2) is 7.82. The molecule has 4 heteroatoms. The Hall–Kier alpha value is -1.75. The van der Waals surface area contributed by atoms with Crippen molar-refractivity contribution in [3.8, 4) is 0 Å². The quantitative estimate of drug-likeness (QED) is 0.805. The number of pyridine rings is 1. The molecule has 2 aromatic rings. The van der Waals surface area contributed by atoms with E-state index in [1.165, 1.54) is 42.5 Å². The highest BCUT2D eigenvalue weighted by atomic mass is 16.5. The minimum atomic E-state index is -0.339. The number of rotatable bonds is 5. The van der Waals surface area contributed by atoms with Crippen molar-refractivity contribution in [3.63, 3.8) is 0 Å². The monoisotopic (exact) mass is 392 g/mol. The Balaban J connectivity index is 1.35. The fraction of sp³-hybridized carbons (Fsp3) is 0.560. The van der Waals surface area contributed by atoms with Gasteiger partial charge in [0.15, 0.2) is 0 Å². The van der Waals surface area contributed by atoms with Crippen LogP contribution in [0.4, 0.5) is 0 Å². The first-order valence-corrected chi connectivity index (χ1v) is 11.2. The van der Waals surface area contributed by atoms with E-state index in [1.807, 2.05) is 12.3 Å². The third-order valence-corrected chi connectivity index (χ3v) is 7.54. The van der Waals surface area contributed by atoms with Crippen LogP contribution in [0, 0.1) is 0 Å². The lowest BCUT2D eigenvalue weighted by molar-refractivity contribution is -0.104. The van der Waals surface area contributed by atoms with Crippen molar-refractivity contribution in [2.45, 2.75) is 74.5 Å². The van der Waals surface area contributed by atoms with E-state index in [9.17, 15) is 5.11 Å². The maximum atomic E-state index is 10.6. The van der Waals surface area contributed by atoms with Crippen LogP contribution < -0.4 is 5.32 Å². The van der Waals surface area contributed by atoms with Crippen LogP contribution in [-0.4, -0.2) is 34.9 Å². The predicted molar refractivity (Wildman–Crippen MR) is 114 cm³/mol. The van der Waals surface area contributed by atoms with Crippen molar-refractivity contribution in [1.82, 2.24) is 10.3 Å². The summed E-state index contributed by atoms with van der Waals surface area (Å²) in [5, 5.41) is 14.3. The topological polar surface area (TPSA) is 54.4 Å². The molecule has 1 aromatic carbocycles. The van der Waals surface area contributed by atoms with E-state index in [0.717, 1.165) is 38.8 Å². The molecule has 1 saturated heterocycles. The number of hydrogen-bond donors (Lipinski definition) is 2. The van der Waals surface area contributed by atoms with E-state index < -0.39 is 0 Å². The smallest absolute Gasteiger partial charge is 0.0775 e. The average Bonchev–Trinajstić information content (AvgIpc) is 3.33. The molecular formula is C25H32N2O2. The Labute approximate surface area is 173 Å². The van der Waals surface area contributed by atoms with Crippen molar-refractivity contribution in [2.24, 2.45) is 0 Å². The van der Waals surface area contributed by atoms with Crippen LogP contribution in [0.15, 0.2) is 48.7 Å². The molecule has 3 atom stereocenters. The summed E-state index contributed by atoms with van der Waals surface area (Å²) in [6.07, 6.45) is 10.4. The Morgan fingerprint density at radius 1 is 1.07 bits per heavy atom. The zero-order chi connectivity index (χ0) is 19.7. The normalized spacial score (nSPS) is 30.5. The summed E-state index contributed by atoms with van der Waals surface area (Å²) in [7, 11) is 0. The molecule has 1 unspecified atom stereocenters. The summed E-state index contributed by atoms with van der Waals surface area (Å²) in [6.45, 7) is 1.70. The van der Waals surface area contributed by atoms with Gasteiger partial charge < -0.3 is 15.2 Å². The second-order valence-electron chi connectivity index (χ2n) is 9.31. The minimum absolute atomic E-state index is 0.0345. The molecule has 5 rings (SSSR count). The molecule has 1 aromatic heterocycles. The van der Waals surface area contributed by atoms with Gasteiger partial charge >= 0.3 is 0 Å². The van der Waals surface area contributed by atoms with Crippen molar-refractivity contribution in [2.75, 3.05) is 13.2 Å². The average molecular weight is 393 g/mol. The number of aliphatic hydroxyl groups is 1. The molecule has 0 radical (unpaired) electrons. The van der Waals surface area contributed by atoms with Gasteiger partial charge in [0, 0.05) is 30.3 Å². The summed E-state index contributed by atoms with van der Waals surface area (Å²) in [5.74, 6) is 0. The number of nitrogens with one attached hydrogen (secondary N) is 1. The standard InChI is InChI=1S/C25H32N2O2/c28-21-17-19-7-1-2-8-20(19)23(21)27-15-12-24(22-9-3-6-14-26-22)13-16-29-25(18-24)10-4-5-11-25/h1-3,6-9,14,21,23,27-28H,4-5,10-13,15-18H2/t21-,23-,24?/m0/s1. The van der Waals surface area contributed by atoms with Gasteiger partial charge in [0.1, 0.15) is 0 Å². The third kappa shape index (κ3) is 3.63. The maximum absolute atomic E-state index is 10.6. The van der Waals surface area contributed by atoms with Crippen LogP contribution in [0.3, 0.4) is 0 Å². The molecule has 4 nitrogen and oxygen atoms in total. The molecular weight excluding hydrogens is 360 g/mol. The summed E-state index contributed by atoms with van der Waals surface area (Å²) < 4.78 is 6.36. The minimum Gasteiger partial charge on any atom is -0.391 e. The molecule has 29 heavy (non-hydrogen) atoms. The summed E-state index contributed by atoms with van der Waals surface area (Å²) in [4.78, 5) is 4.80. The number of benzene rings is 1. The van der Waals surface area contributed by atoms with E-state index in [-0.39, 0.29) is 23.2 Å². The summed E-state index contributed by atoms with van der Waals surface area (Å²) >= 11 is 0. The van der Waals surface area contributed by atoms with Crippen LogP contribution in [0.5, 0.6) is 0 Å². The number of fused-ring (bicyclic) bond motifs is 1. The highest BCUT2D eigenvalue weighted by Gasteiger charge is 2.48. The molecule has 154 valence electrons. The molecule has 2 fully saturated rings. The highest BCUT2D eigenvalue weighted by Crippen LogP contribution is 2.49. The van der Waals surface area contributed by atoms with Crippen LogP contribution in [-0.2, 0) is 16.6 Å². The lowest BCUT2D eigenvalue weighted by Crippen LogP contribution is -2.47. The van der Waals surface area contributed by atoms with Gasteiger partial charge in [0.25, 0.3) is 0 Å². The van der Waals surface area contributed by atoms with E-state index in [1.54, 1.807) is 0 Å². The van der Waals surface area contributed by atoms with Gasteiger partial charge in [-0.25, -0.2) is 0 Å². The SMILES string of the molecule is O[C@H]1Cc2ccccc2[C@@H]1NCCC1(c2ccccn2)CCOC2(CCCC2)C1. The van der Waals surface area contributed by atoms with E-state index in [4.69, 9.17) is 9.72 Å². The molecule has 2 heterocycles. The third-order valence-electron chi connectivity index (χ3n) is 7.54. The van der Waals surface area contributed by atoms with Gasteiger partial charge in [-0.2, -0.15) is 0 Å². The van der Waals surface area contributed by atoms with Crippen molar-refractivity contribution in [1.29, 1.82) is 0 Å². The van der Waals surface area contributed by atoms with E-state index >= 15 is 0 Å². The van der Waals surface area contributed by atoms with Gasteiger partial charge in [0.05, 0.1) is 17.7 Å². The number of hydrogen-bond acceptors (Lipinski definition) is 4.